The summed E-state index contributed by atoms with van der Waals surface area (Å²) < 4.78 is 12.6. The van der Waals surface area contributed by atoms with Gasteiger partial charge in [-0.2, -0.15) is 0 Å². The molecule has 1 atom stereocenters. The Morgan fingerprint density at radius 1 is 1.21 bits per heavy atom. The lowest BCUT2D eigenvalue weighted by Gasteiger charge is -2.23. The van der Waals surface area contributed by atoms with E-state index in [1.807, 2.05) is 66.8 Å². The van der Waals surface area contributed by atoms with Crippen LogP contribution < -0.4 is 19.8 Å². The SMILES string of the molecule is COCCOC(=O)C1=C(C)N=c2s/c(=C\c3ccc(N(C)C)cc3)c(=O)n2[C@H]1c1cccs1. The third kappa shape index (κ3) is 4.71. The molecule has 3 aromatic rings. The number of thiazole rings is 1. The number of benzene rings is 1. The molecular formula is C24H25N3O4S2. The fourth-order valence-corrected chi connectivity index (χ4v) is 5.48. The third-order valence-corrected chi connectivity index (χ3v) is 7.19. The Kier molecular flexibility index (Phi) is 6.92. The van der Waals surface area contributed by atoms with Gasteiger partial charge >= 0.3 is 5.97 Å². The molecule has 4 rings (SSSR count). The zero-order valence-electron chi connectivity index (χ0n) is 18.9. The first kappa shape index (κ1) is 23.2. The summed E-state index contributed by atoms with van der Waals surface area (Å²) in [5.74, 6) is -0.486. The van der Waals surface area contributed by atoms with E-state index in [-0.39, 0.29) is 12.2 Å². The number of hydrogen-bond donors (Lipinski definition) is 0. The van der Waals surface area contributed by atoms with Gasteiger partial charge < -0.3 is 14.4 Å². The lowest BCUT2D eigenvalue weighted by atomic mass is 10.0. The standard InChI is InChI=1S/C24H25N3O4S2/c1-15-20(23(29)31-12-11-30-4)21(18-6-5-13-32-18)27-22(28)19(33-24(27)25-15)14-16-7-9-17(10-8-16)26(2)3/h5-10,13-14,21H,11-12H2,1-4H3/b19-14-/t21-/m0/s1. The van der Waals surface area contributed by atoms with E-state index in [1.165, 1.54) is 22.7 Å². The highest BCUT2D eigenvalue weighted by Crippen LogP contribution is 2.33. The molecule has 1 aliphatic rings. The number of aromatic nitrogens is 1. The van der Waals surface area contributed by atoms with E-state index in [0.717, 1.165) is 16.1 Å². The number of hydrogen-bond acceptors (Lipinski definition) is 8. The topological polar surface area (TPSA) is 73.1 Å². The van der Waals surface area contributed by atoms with Crippen LogP contribution in [0.5, 0.6) is 0 Å². The number of carbonyl (C=O) groups is 1. The Labute approximate surface area is 199 Å². The number of ether oxygens (including phenoxy) is 2. The quantitative estimate of drug-likeness (QED) is 0.382. The zero-order chi connectivity index (χ0) is 23.5. The van der Waals surface area contributed by atoms with Crippen LogP contribution in [-0.4, -0.2) is 45.0 Å². The van der Waals surface area contributed by atoms with E-state index in [1.54, 1.807) is 18.6 Å². The van der Waals surface area contributed by atoms with E-state index in [2.05, 4.69) is 4.99 Å². The van der Waals surface area contributed by atoms with Gasteiger partial charge in [0.2, 0.25) is 0 Å². The molecule has 172 valence electrons. The number of fused-ring (bicyclic) bond motifs is 1. The van der Waals surface area contributed by atoms with Crippen molar-refractivity contribution in [3.63, 3.8) is 0 Å². The van der Waals surface area contributed by atoms with Crippen molar-refractivity contribution < 1.29 is 14.3 Å². The van der Waals surface area contributed by atoms with Gasteiger partial charge in [0.25, 0.3) is 5.56 Å². The minimum atomic E-state index is -0.574. The van der Waals surface area contributed by atoms with Gasteiger partial charge in [-0.25, -0.2) is 9.79 Å². The summed E-state index contributed by atoms with van der Waals surface area (Å²) in [7, 11) is 5.52. The largest absolute Gasteiger partial charge is 0.460 e. The lowest BCUT2D eigenvalue weighted by molar-refractivity contribution is -0.140. The number of methoxy groups -OCH3 is 1. The average molecular weight is 484 g/mol. The molecular weight excluding hydrogens is 458 g/mol. The summed E-state index contributed by atoms with van der Waals surface area (Å²) in [4.78, 5) is 34.6. The van der Waals surface area contributed by atoms with Gasteiger partial charge in [-0.05, 0) is 42.1 Å². The molecule has 0 saturated heterocycles. The first-order chi connectivity index (χ1) is 15.9. The number of thiophene rings is 1. The number of rotatable bonds is 7. The molecule has 9 heteroatoms. The van der Waals surface area contributed by atoms with Crippen molar-refractivity contribution >= 4 is 40.4 Å². The molecule has 0 amide bonds. The van der Waals surface area contributed by atoms with Crippen LogP contribution in [0.2, 0.25) is 0 Å². The monoisotopic (exact) mass is 483 g/mol. The summed E-state index contributed by atoms with van der Waals surface area (Å²) in [5.41, 5.74) is 2.76. The number of carbonyl (C=O) groups excluding carboxylic acids is 1. The Balaban J connectivity index is 1.81. The van der Waals surface area contributed by atoms with Crippen LogP contribution in [-0.2, 0) is 14.3 Å². The van der Waals surface area contributed by atoms with E-state index >= 15 is 0 Å². The van der Waals surface area contributed by atoms with E-state index in [0.29, 0.717) is 27.2 Å². The molecule has 0 fully saturated rings. The molecule has 3 heterocycles. The van der Waals surface area contributed by atoms with Gasteiger partial charge in [-0.15, -0.1) is 11.3 Å². The number of nitrogens with zero attached hydrogens (tertiary/aromatic N) is 3. The predicted octanol–water partition coefficient (Wildman–Crippen LogP) is 2.55. The van der Waals surface area contributed by atoms with Crippen LogP contribution in [0.1, 0.15) is 23.4 Å². The molecule has 33 heavy (non-hydrogen) atoms. The molecule has 7 nitrogen and oxygen atoms in total. The second-order valence-electron chi connectivity index (χ2n) is 7.71. The van der Waals surface area contributed by atoms with Crippen LogP contribution in [0.4, 0.5) is 5.69 Å². The van der Waals surface area contributed by atoms with Crippen molar-refractivity contribution in [1.29, 1.82) is 0 Å². The first-order valence-corrected chi connectivity index (χ1v) is 12.1. The predicted molar refractivity (Wildman–Crippen MR) is 132 cm³/mol. The Morgan fingerprint density at radius 3 is 2.61 bits per heavy atom. The van der Waals surface area contributed by atoms with Crippen molar-refractivity contribution in [3.05, 3.63) is 83.2 Å². The Hall–Kier alpha value is -3.01. The number of esters is 1. The summed E-state index contributed by atoms with van der Waals surface area (Å²) in [6, 6.07) is 11.2. The van der Waals surface area contributed by atoms with Gasteiger partial charge in [-0.1, -0.05) is 29.5 Å². The van der Waals surface area contributed by atoms with E-state index in [4.69, 9.17) is 9.47 Å². The molecule has 1 aliphatic heterocycles. The second kappa shape index (κ2) is 9.86. The minimum Gasteiger partial charge on any atom is -0.460 e. The highest BCUT2D eigenvalue weighted by atomic mass is 32.1. The minimum absolute atomic E-state index is 0.136. The molecule has 0 bridgehead atoms. The van der Waals surface area contributed by atoms with E-state index in [9.17, 15) is 9.59 Å². The highest BCUT2D eigenvalue weighted by Gasteiger charge is 2.34. The fourth-order valence-electron chi connectivity index (χ4n) is 3.61. The molecule has 0 radical (unpaired) electrons. The number of allylic oxidation sites excluding steroid dienone is 1. The van der Waals surface area contributed by atoms with Crippen molar-refractivity contribution in [2.45, 2.75) is 13.0 Å². The second-order valence-corrected chi connectivity index (χ2v) is 9.70. The molecule has 0 saturated carbocycles. The molecule has 0 aliphatic carbocycles. The van der Waals surface area contributed by atoms with Gasteiger partial charge in [0, 0.05) is 31.8 Å². The smallest absolute Gasteiger partial charge is 0.338 e. The molecule has 0 unspecified atom stereocenters. The summed E-state index contributed by atoms with van der Waals surface area (Å²) in [5, 5.41) is 1.93. The average Bonchev–Trinajstić information content (AvgIpc) is 3.42. The summed E-state index contributed by atoms with van der Waals surface area (Å²) in [6.07, 6.45) is 1.87. The van der Waals surface area contributed by atoms with E-state index < -0.39 is 12.0 Å². The van der Waals surface area contributed by atoms with Gasteiger partial charge in [0.15, 0.2) is 4.80 Å². The molecule has 2 aromatic heterocycles. The van der Waals surface area contributed by atoms with Crippen molar-refractivity contribution in [1.82, 2.24) is 4.57 Å². The van der Waals surface area contributed by atoms with Crippen molar-refractivity contribution in [2.75, 3.05) is 39.3 Å². The van der Waals surface area contributed by atoms with Gasteiger partial charge in [0.1, 0.15) is 12.6 Å². The van der Waals surface area contributed by atoms with Crippen molar-refractivity contribution in [2.24, 2.45) is 4.99 Å². The molecule has 0 spiro atoms. The van der Waals surface area contributed by atoms with Crippen LogP contribution in [0.15, 0.2) is 62.8 Å². The summed E-state index contributed by atoms with van der Waals surface area (Å²) in [6.45, 7) is 2.22. The Bertz CT molecular complexity index is 1350. The fraction of sp³-hybridized carbons (Fsp3) is 0.292. The number of anilines is 1. The van der Waals surface area contributed by atoms with Crippen molar-refractivity contribution in [3.8, 4) is 0 Å². The third-order valence-electron chi connectivity index (χ3n) is 5.28. The maximum Gasteiger partial charge on any atom is 0.338 e. The van der Waals surface area contributed by atoms with Gasteiger partial charge in [-0.3, -0.25) is 9.36 Å². The summed E-state index contributed by atoms with van der Waals surface area (Å²) >= 11 is 2.82. The maximum atomic E-state index is 13.5. The normalized spacial score (nSPS) is 15.9. The lowest BCUT2D eigenvalue weighted by Crippen LogP contribution is -2.39. The van der Waals surface area contributed by atoms with Crippen LogP contribution >= 0.6 is 22.7 Å². The first-order valence-electron chi connectivity index (χ1n) is 10.4. The Morgan fingerprint density at radius 2 is 1.97 bits per heavy atom. The van der Waals surface area contributed by atoms with Crippen LogP contribution in [0.3, 0.4) is 0 Å². The zero-order valence-corrected chi connectivity index (χ0v) is 20.5. The maximum absolute atomic E-state index is 13.5. The van der Waals surface area contributed by atoms with Crippen LogP contribution in [0, 0.1) is 0 Å². The molecule has 0 N–H and O–H groups in total. The van der Waals surface area contributed by atoms with Gasteiger partial charge in [0.05, 0.1) is 22.4 Å². The van der Waals surface area contributed by atoms with Crippen LogP contribution in [0.25, 0.3) is 6.08 Å². The molecule has 1 aromatic carbocycles. The highest BCUT2D eigenvalue weighted by molar-refractivity contribution is 7.10.